The average Bonchev–Trinajstić information content (AvgIpc) is 4.12. The lowest BCUT2D eigenvalue weighted by molar-refractivity contribution is -0.130. The third-order valence-corrected chi connectivity index (χ3v) is 10.0. The SMILES string of the molecule is CNC(=O)C(NC(=O)C1(c2ccc(OC)cc2)CC1)c1ccc(C)cc1.CNC(=O)C(NC(=O)C1(c2ccc(OC)cc2)CC1)c1cccc(C)c1. The molecule has 2 aliphatic rings. The molecule has 0 aromatic heterocycles. The van der Waals surface area contributed by atoms with Gasteiger partial charge >= 0.3 is 0 Å². The topological polar surface area (TPSA) is 135 Å². The fraction of sp³-hybridized carbons (Fsp3) is 0.333. The minimum absolute atomic E-state index is 0.113. The lowest BCUT2D eigenvalue weighted by Crippen LogP contribution is -2.43. The van der Waals surface area contributed by atoms with Gasteiger partial charge < -0.3 is 30.7 Å². The molecule has 0 radical (unpaired) electrons. The molecule has 0 saturated heterocycles. The Morgan fingerprint density at radius 2 is 0.981 bits per heavy atom. The van der Waals surface area contributed by atoms with E-state index in [-0.39, 0.29) is 23.6 Å². The van der Waals surface area contributed by atoms with Crippen LogP contribution < -0.4 is 30.7 Å². The highest BCUT2D eigenvalue weighted by atomic mass is 16.5. The maximum atomic E-state index is 13.0. The second kappa shape index (κ2) is 16.1. The molecule has 272 valence electrons. The second-order valence-corrected chi connectivity index (χ2v) is 13.5. The summed E-state index contributed by atoms with van der Waals surface area (Å²) in [4.78, 5) is 50.8. The summed E-state index contributed by atoms with van der Waals surface area (Å²) in [5, 5.41) is 11.2. The Hall–Kier alpha value is -5.64. The van der Waals surface area contributed by atoms with E-state index < -0.39 is 22.9 Å². The van der Waals surface area contributed by atoms with Crippen LogP contribution in [0.1, 0.15) is 71.1 Å². The van der Waals surface area contributed by atoms with E-state index in [9.17, 15) is 19.2 Å². The van der Waals surface area contributed by atoms with Crippen LogP contribution in [0, 0.1) is 13.8 Å². The summed E-state index contributed by atoms with van der Waals surface area (Å²) in [6.45, 7) is 3.95. The van der Waals surface area contributed by atoms with Crippen molar-refractivity contribution in [1.82, 2.24) is 21.3 Å². The number of amides is 4. The summed E-state index contributed by atoms with van der Waals surface area (Å²) in [6.07, 6.45) is 3.11. The van der Waals surface area contributed by atoms with Crippen molar-refractivity contribution >= 4 is 23.6 Å². The van der Waals surface area contributed by atoms with E-state index in [4.69, 9.17) is 9.47 Å². The maximum absolute atomic E-state index is 13.0. The third kappa shape index (κ3) is 8.28. The predicted octanol–water partition coefficient (Wildman–Crippen LogP) is 5.28. The fourth-order valence-electron chi connectivity index (χ4n) is 6.40. The standard InChI is InChI=1S/2C21H24N2O3/c1-14-4-6-15(7-5-14)18(19(24)22-2)23-20(25)21(12-13-21)16-8-10-17(26-3)11-9-16;1-14-5-4-6-15(13-14)18(19(24)22-2)23-20(25)21(11-12-21)16-7-9-17(26-3)10-8-16/h4-11,18H,12-13H2,1-3H3,(H,22,24)(H,23,25);4-10,13,18H,11-12H2,1-3H3,(H,22,24)(H,23,25). The number of hydrogen-bond donors (Lipinski definition) is 4. The van der Waals surface area contributed by atoms with Crippen LogP contribution in [0.4, 0.5) is 0 Å². The van der Waals surface area contributed by atoms with Crippen molar-refractivity contribution in [3.05, 3.63) is 130 Å². The van der Waals surface area contributed by atoms with Crippen LogP contribution in [0.2, 0.25) is 0 Å². The molecule has 52 heavy (non-hydrogen) atoms. The normalized spacial score (nSPS) is 15.7. The summed E-state index contributed by atoms with van der Waals surface area (Å²) in [5.41, 5.74) is 4.50. The average molecular weight is 705 g/mol. The van der Waals surface area contributed by atoms with Crippen LogP contribution in [0.25, 0.3) is 0 Å². The van der Waals surface area contributed by atoms with E-state index in [1.54, 1.807) is 28.3 Å². The Kier molecular flexibility index (Phi) is 11.7. The molecule has 2 atom stereocenters. The monoisotopic (exact) mass is 704 g/mol. The van der Waals surface area contributed by atoms with Gasteiger partial charge in [0.15, 0.2) is 0 Å². The van der Waals surface area contributed by atoms with Crippen LogP contribution in [0.15, 0.2) is 97.1 Å². The van der Waals surface area contributed by atoms with E-state index in [0.29, 0.717) is 0 Å². The molecular weight excluding hydrogens is 656 g/mol. The van der Waals surface area contributed by atoms with Crippen molar-refractivity contribution in [3.63, 3.8) is 0 Å². The fourth-order valence-corrected chi connectivity index (χ4v) is 6.40. The minimum Gasteiger partial charge on any atom is -0.497 e. The molecule has 4 N–H and O–H groups in total. The van der Waals surface area contributed by atoms with Crippen molar-refractivity contribution in [2.24, 2.45) is 0 Å². The number of rotatable bonds is 12. The van der Waals surface area contributed by atoms with E-state index in [0.717, 1.165) is 70.6 Å². The number of nitrogens with one attached hydrogen (secondary N) is 4. The molecule has 10 nitrogen and oxygen atoms in total. The van der Waals surface area contributed by atoms with Crippen LogP contribution in [0.5, 0.6) is 11.5 Å². The Balaban J connectivity index is 0.000000201. The summed E-state index contributed by atoms with van der Waals surface area (Å²) in [6, 6.07) is 29.0. The predicted molar refractivity (Wildman–Crippen MR) is 200 cm³/mol. The highest BCUT2D eigenvalue weighted by molar-refractivity contribution is 5.96. The Labute approximate surface area is 305 Å². The van der Waals surface area contributed by atoms with Crippen LogP contribution >= 0.6 is 0 Å². The molecule has 0 heterocycles. The number of aryl methyl sites for hydroxylation is 2. The highest BCUT2D eigenvalue weighted by Crippen LogP contribution is 2.50. The largest absolute Gasteiger partial charge is 0.497 e. The van der Waals surface area contributed by atoms with E-state index >= 15 is 0 Å². The lowest BCUT2D eigenvalue weighted by atomic mass is 9.93. The summed E-state index contributed by atoms with van der Waals surface area (Å²) < 4.78 is 10.4. The van der Waals surface area contributed by atoms with Crippen LogP contribution in [-0.2, 0) is 30.0 Å². The molecular formula is C42H48N4O6. The van der Waals surface area contributed by atoms with Crippen molar-refractivity contribution < 1.29 is 28.7 Å². The number of carbonyl (C=O) groups excluding carboxylic acids is 4. The number of methoxy groups -OCH3 is 2. The van der Waals surface area contributed by atoms with E-state index in [1.165, 1.54) is 0 Å². The molecule has 2 aliphatic carbocycles. The molecule has 6 rings (SSSR count). The van der Waals surface area contributed by atoms with Gasteiger partial charge in [-0.05, 0) is 86.1 Å². The smallest absolute Gasteiger partial charge is 0.246 e. The number of carbonyl (C=O) groups is 4. The lowest BCUT2D eigenvalue weighted by Gasteiger charge is -2.22. The zero-order valence-electron chi connectivity index (χ0n) is 30.7. The molecule has 2 fully saturated rings. The Morgan fingerprint density at radius 3 is 1.35 bits per heavy atom. The first-order chi connectivity index (χ1) is 25.0. The molecule has 4 aromatic rings. The number of ether oxygens (including phenoxy) is 2. The zero-order chi connectivity index (χ0) is 37.5. The van der Waals surface area contributed by atoms with E-state index in [1.807, 2.05) is 111 Å². The van der Waals surface area contributed by atoms with Crippen molar-refractivity contribution in [1.29, 1.82) is 0 Å². The Bertz CT molecular complexity index is 1880. The van der Waals surface area contributed by atoms with Gasteiger partial charge in [0.1, 0.15) is 23.6 Å². The van der Waals surface area contributed by atoms with Crippen LogP contribution in [0.3, 0.4) is 0 Å². The molecule has 4 aromatic carbocycles. The van der Waals surface area contributed by atoms with Gasteiger partial charge in [-0.2, -0.15) is 0 Å². The maximum Gasteiger partial charge on any atom is 0.246 e. The van der Waals surface area contributed by atoms with Gasteiger partial charge in [-0.1, -0.05) is 83.9 Å². The van der Waals surface area contributed by atoms with Gasteiger partial charge in [0.25, 0.3) is 0 Å². The third-order valence-electron chi connectivity index (χ3n) is 10.0. The first-order valence-electron chi connectivity index (χ1n) is 17.5. The molecule has 10 heteroatoms. The molecule has 0 bridgehead atoms. The van der Waals surface area contributed by atoms with Gasteiger partial charge in [-0.25, -0.2) is 0 Å². The first kappa shape index (κ1) is 37.6. The molecule has 4 amide bonds. The highest BCUT2D eigenvalue weighted by Gasteiger charge is 2.53. The summed E-state index contributed by atoms with van der Waals surface area (Å²) in [7, 11) is 6.38. The first-order valence-corrected chi connectivity index (χ1v) is 17.5. The van der Waals surface area contributed by atoms with Gasteiger partial charge in [-0.3, -0.25) is 19.2 Å². The summed E-state index contributed by atoms with van der Waals surface area (Å²) >= 11 is 0. The van der Waals surface area contributed by atoms with Gasteiger partial charge in [0.05, 0.1) is 25.0 Å². The van der Waals surface area contributed by atoms with Crippen molar-refractivity contribution in [3.8, 4) is 11.5 Å². The number of benzene rings is 4. The quantitative estimate of drug-likeness (QED) is 0.159. The second-order valence-electron chi connectivity index (χ2n) is 13.5. The van der Waals surface area contributed by atoms with Crippen molar-refractivity contribution in [2.45, 2.75) is 62.4 Å². The Morgan fingerprint density at radius 1 is 0.558 bits per heavy atom. The van der Waals surface area contributed by atoms with Gasteiger partial charge in [0, 0.05) is 14.1 Å². The molecule has 0 aliphatic heterocycles. The molecule has 0 spiro atoms. The molecule has 2 saturated carbocycles. The van der Waals surface area contributed by atoms with Gasteiger partial charge in [-0.15, -0.1) is 0 Å². The number of likely N-dealkylation sites (N-methyl/N-ethyl adjacent to an activating group) is 2. The van der Waals surface area contributed by atoms with Crippen LogP contribution in [-0.4, -0.2) is 51.9 Å². The number of hydrogen-bond acceptors (Lipinski definition) is 6. The summed E-state index contributed by atoms with van der Waals surface area (Å²) in [5.74, 6) is 0.831. The van der Waals surface area contributed by atoms with E-state index in [2.05, 4.69) is 21.3 Å². The zero-order valence-corrected chi connectivity index (χ0v) is 30.7. The molecule has 2 unspecified atom stereocenters. The van der Waals surface area contributed by atoms with Gasteiger partial charge in [0.2, 0.25) is 23.6 Å². The van der Waals surface area contributed by atoms with Crippen molar-refractivity contribution in [2.75, 3.05) is 28.3 Å². The minimum atomic E-state index is -0.705.